The maximum Gasteiger partial charge on any atom is 0.341 e. The van der Waals surface area contributed by atoms with Gasteiger partial charge in [0, 0.05) is 6.20 Å². The molecule has 0 unspecified atom stereocenters. The molecule has 0 spiro atoms. The van der Waals surface area contributed by atoms with Crippen LogP contribution >= 0.6 is 0 Å². The van der Waals surface area contributed by atoms with Crippen LogP contribution in [0.2, 0.25) is 0 Å². The van der Waals surface area contributed by atoms with Crippen molar-refractivity contribution in [3.8, 4) is 0 Å². The predicted octanol–water partition coefficient (Wildman–Crippen LogP) is 1.81. The molecule has 0 saturated carbocycles. The summed E-state index contributed by atoms with van der Waals surface area (Å²) in [5.74, 6) is -1.17. The number of hydrogen-bond donors (Lipinski definition) is 2. The van der Waals surface area contributed by atoms with Gasteiger partial charge in [-0.05, 0) is 24.5 Å². The van der Waals surface area contributed by atoms with Crippen LogP contribution in [0.25, 0.3) is 0 Å². The molecule has 4 heteroatoms. The molecular formula is C11H15NO3. The average molecular weight is 209 g/mol. The first-order valence-corrected chi connectivity index (χ1v) is 5.10. The minimum atomic E-state index is -1.17. The molecule has 0 aliphatic carbocycles. The summed E-state index contributed by atoms with van der Waals surface area (Å²) in [7, 11) is 0. The molecule has 4 nitrogen and oxygen atoms in total. The fourth-order valence-corrected chi connectivity index (χ4v) is 1.41. The van der Waals surface area contributed by atoms with Crippen molar-refractivity contribution in [1.29, 1.82) is 0 Å². The molecule has 0 atom stereocenters. The number of hydrogen-bond acceptors (Lipinski definition) is 2. The molecule has 2 N–H and O–H groups in total. The first kappa shape index (κ1) is 11.5. The summed E-state index contributed by atoms with van der Waals surface area (Å²) in [6, 6.07) is 1.46. The van der Waals surface area contributed by atoms with Gasteiger partial charge >= 0.3 is 5.97 Å². The number of aromatic amines is 1. The van der Waals surface area contributed by atoms with Crippen LogP contribution in [-0.2, 0) is 6.42 Å². The highest BCUT2D eigenvalue weighted by Gasteiger charge is 2.08. The van der Waals surface area contributed by atoms with Crippen LogP contribution in [0.5, 0.6) is 0 Å². The third-order valence-electron chi connectivity index (χ3n) is 2.26. The van der Waals surface area contributed by atoms with Crippen LogP contribution in [0.15, 0.2) is 17.1 Å². The highest BCUT2D eigenvalue weighted by Crippen LogP contribution is 2.05. The Morgan fingerprint density at radius 2 is 2.20 bits per heavy atom. The first-order valence-electron chi connectivity index (χ1n) is 5.10. The summed E-state index contributed by atoms with van der Waals surface area (Å²) >= 11 is 0. The van der Waals surface area contributed by atoms with Crippen LogP contribution in [0, 0.1) is 0 Å². The summed E-state index contributed by atoms with van der Waals surface area (Å²) < 4.78 is 0. The van der Waals surface area contributed by atoms with Crippen molar-refractivity contribution in [2.45, 2.75) is 32.6 Å². The first-order chi connectivity index (χ1) is 7.15. The van der Waals surface area contributed by atoms with E-state index in [1.165, 1.54) is 6.07 Å². The zero-order chi connectivity index (χ0) is 11.3. The molecule has 0 aliphatic heterocycles. The van der Waals surface area contributed by atoms with Gasteiger partial charge in [-0.1, -0.05) is 19.8 Å². The summed E-state index contributed by atoms with van der Waals surface area (Å²) in [6.45, 7) is 2.11. The Balaban J connectivity index is 2.79. The van der Waals surface area contributed by atoms with Gasteiger partial charge in [0.05, 0.1) is 0 Å². The standard InChI is InChI=1S/C11H15NO3/c1-2-3-4-5-8-6-9(11(14)15)10(13)12-7-8/h6-7H,2-5H2,1H3,(H,12,13)(H,14,15). The number of carboxylic acids is 1. The van der Waals surface area contributed by atoms with Crippen LogP contribution in [-0.4, -0.2) is 16.1 Å². The number of unbranched alkanes of at least 4 members (excludes halogenated alkanes) is 2. The molecule has 0 bridgehead atoms. The van der Waals surface area contributed by atoms with Crippen molar-refractivity contribution in [3.63, 3.8) is 0 Å². The Hall–Kier alpha value is -1.58. The van der Waals surface area contributed by atoms with Gasteiger partial charge in [0.2, 0.25) is 0 Å². The van der Waals surface area contributed by atoms with E-state index in [1.807, 2.05) is 0 Å². The monoisotopic (exact) mass is 209 g/mol. The van der Waals surface area contributed by atoms with Gasteiger partial charge in [-0.15, -0.1) is 0 Å². The van der Waals surface area contributed by atoms with E-state index in [-0.39, 0.29) is 5.56 Å². The van der Waals surface area contributed by atoms with Crippen molar-refractivity contribution < 1.29 is 9.90 Å². The number of aryl methyl sites for hydroxylation is 1. The van der Waals surface area contributed by atoms with Gasteiger partial charge in [0.25, 0.3) is 5.56 Å². The molecule has 1 aromatic heterocycles. The van der Waals surface area contributed by atoms with Crippen LogP contribution in [0.3, 0.4) is 0 Å². The molecule has 15 heavy (non-hydrogen) atoms. The number of H-pyrrole nitrogens is 1. The lowest BCUT2D eigenvalue weighted by atomic mass is 10.1. The lowest BCUT2D eigenvalue weighted by Crippen LogP contribution is -2.17. The van der Waals surface area contributed by atoms with E-state index in [4.69, 9.17) is 5.11 Å². The van der Waals surface area contributed by atoms with Crippen LogP contribution in [0.4, 0.5) is 0 Å². The number of carboxylic acid groups (broad SMARTS) is 1. The second kappa shape index (κ2) is 5.34. The highest BCUT2D eigenvalue weighted by atomic mass is 16.4. The highest BCUT2D eigenvalue weighted by molar-refractivity contribution is 5.87. The Morgan fingerprint density at radius 1 is 1.47 bits per heavy atom. The van der Waals surface area contributed by atoms with Crippen molar-refractivity contribution in [2.24, 2.45) is 0 Å². The molecule has 0 fully saturated rings. The lowest BCUT2D eigenvalue weighted by Gasteiger charge is -2.01. The Bertz CT molecular complexity index is 395. The minimum Gasteiger partial charge on any atom is -0.477 e. The average Bonchev–Trinajstić information content (AvgIpc) is 2.20. The van der Waals surface area contributed by atoms with E-state index in [2.05, 4.69) is 11.9 Å². The van der Waals surface area contributed by atoms with E-state index in [9.17, 15) is 9.59 Å². The van der Waals surface area contributed by atoms with Gasteiger partial charge in [0.15, 0.2) is 0 Å². The quantitative estimate of drug-likeness (QED) is 0.726. The molecule has 0 aliphatic rings. The number of pyridine rings is 1. The van der Waals surface area contributed by atoms with Crippen molar-refractivity contribution in [1.82, 2.24) is 4.98 Å². The van der Waals surface area contributed by atoms with E-state index >= 15 is 0 Å². The molecule has 0 aromatic carbocycles. The lowest BCUT2D eigenvalue weighted by molar-refractivity contribution is 0.0695. The zero-order valence-corrected chi connectivity index (χ0v) is 8.75. The maximum atomic E-state index is 11.1. The molecule has 1 rings (SSSR count). The topological polar surface area (TPSA) is 70.2 Å². The summed E-state index contributed by atoms with van der Waals surface area (Å²) in [5, 5.41) is 8.74. The molecule has 82 valence electrons. The Labute approximate surface area is 88.0 Å². The zero-order valence-electron chi connectivity index (χ0n) is 8.75. The van der Waals surface area contributed by atoms with E-state index in [0.29, 0.717) is 0 Å². The predicted molar refractivity (Wildman–Crippen MR) is 57.3 cm³/mol. The SMILES string of the molecule is CCCCCc1c[nH]c(=O)c(C(=O)O)c1. The van der Waals surface area contributed by atoms with Gasteiger partial charge in [-0.3, -0.25) is 4.79 Å². The number of aromatic nitrogens is 1. The summed E-state index contributed by atoms with van der Waals surface area (Å²) in [4.78, 5) is 24.2. The fourth-order valence-electron chi connectivity index (χ4n) is 1.41. The van der Waals surface area contributed by atoms with Gasteiger partial charge in [-0.25, -0.2) is 4.79 Å². The van der Waals surface area contributed by atoms with Crippen LogP contribution < -0.4 is 5.56 Å². The van der Waals surface area contributed by atoms with Gasteiger partial charge in [-0.2, -0.15) is 0 Å². The third kappa shape index (κ3) is 3.23. The normalized spacial score (nSPS) is 10.2. The van der Waals surface area contributed by atoms with E-state index in [1.54, 1.807) is 6.20 Å². The van der Waals surface area contributed by atoms with Gasteiger partial charge in [0.1, 0.15) is 5.56 Å². The molecule has 1 heterocycles. The molecule has 0 saturated heterocycles. The second-order valence-corrected chi connectivity index (χ2v) is 3.51. The van der Waals surface area contributed by atoms with Crippen LogP contribution in [0.1, 0.15) is 42.1 Å². The molecular weight excluding hydrogens is 194 g/mol. The molecule has 0 amide bonds. The van der Waals surface area contributed by atoms with E-state index < -0.39 is 11.5 Å². The smallest absolute Gasteiger partial charge is 0.341 e. The Morgan fingerprint density at radius 3 is 2.80 bits per heavy atom. The number of rotatable bonds is 5. The number of aromatic carboxylic acids is 1. The van der Waals surface area contributed by atoms with Gasteiger partial charge < -0.3 is 10.1 Å². The third-order valence-corrected chi connectivity index (χ3v) is 2.26. The number of nitrogens with one attached hydrogen (secondary N) is 1. The van der Waals surface area contributed by atoms with Crippen molar-refractivity contribution in [3.05, 3.63) is 33.7 Å². The molecule has 0 radical (unpaired) electrons. The fraction of sp³-hybridized carbons (Fsp3) is 0.455. The summed E-state index contributed by atoms with van der Waals surface area (Å²) in [5.41, 5.74) is 0.159. The Kier molecular flexibility index (Phi) is 4.09. The van der Waals surface area contributed by atoms with Crippen molar-refractivity contribution >= 4 is 5.97 Å². The largest absolute Gasteiger partial charge is 0.477 e. The maximum absolute atomic E-state index is 11.1. The summed E-state index contributed by atoms with van der Waals surface area (Å²) in [6.07, 6.45) is 5.65. The van der Waals surface area contributed by atoms with E-state index in [0.717, 1.165) is 31.2 Å². The minimum absolute atomic E-state index is 0.177. The van der Waals surface area contributed by atoms with Crippen molar-refractivity contribution in [2.75, 3.05) is 0 Å². The number of carbonyl (C=O) groups is 1. The second-order valence-electron chi connectivity index (χ2n) is 3.51. The molecule has 1 aromatic rings.